The van der Waals surface area contributed by atoms with E-state index < -0.39 is 0 Å². The average Bonchev–Trinajstić information content (AvgIpc) is 2.45. The lowest BCUT2D eigenvalue weighted by Gasteiger charge is -2.10. The summed E-state index contributed by atoms with van der Waals surface area (Å²) in [5.74, 6) is 0.500. The second-order valence-corrected chi connectivity index (χ2v) is 6.41. The predicted molar refractivity (Wildman–Crippen MR) is 94.9 cm³/mol. The summed E-state index contributed by atoms with van der Waals surface area (Å²) in [5.41, 5.74) is 2.06. The van der Waals surface area contributed by atoms with E-state index in [-0.39, 0.29) is 0 Å². The van der Waals surface area contributed by atoms with Crippen molar-refractivity contribution in [1.82, 2.24) is 5.32 Å². The van der Waals surface area contributed by atoms with Gasteiger partial charge in [0.2, 0.25) is 0 Å². The number of ether oxygens (including phenoxy) is 1. The number of hydrogen-bond acceptors (Lipinski definition) is 2. The normalized spacial score (nSPS) is 10.8. The number of hydrogen-bond donors (Lipinski definition) is 1. The Hall–Kier alpha value is -0.640. The summed E-state index contributed by atoms with van der Waals surface area (Å²) >= 11 is 24.2. The second kappa shape index (κ2) is 8.28. The summed E-state index contributed by atoms with van der Waals surface area (Å²) in [4.78, 5) is 0. The number of methoxy groups -OCH3 is 1. The van der Waals surface area contributed by atoms with E-state index in [1.807, 2.05) is 24.3 Å². The fraction of sp³-hybridized carbons (Fsp3) is 0.250. The highest BCUT2D eigenvalue weighted by atomic mass is 35.5. The summed E-state index contributed by atoms with van der Waals surface area (Å²) in [6.07, 6.45) is 0.813. The first-order valence-electron chi connectivity index (χ1n) is 6.68. The Bertz CT molecular complexity index is 638. The topological polar surface area (TPSA) is 21.3 Å². The molecule has 0 aliphatic rings. The van der Waals surface area contributed by atoms with Gasteiger partial charge in [0.05, 0.1) is 17.2 Å². The summed E-state index contributed by atoms with van der Waals surface area (Å²) < 4.78 is 5.13. The van der Waals surface area contributed by atoms with Crippen molar-refractivity contribution in [3.63, 3.8) is 0 Å². The van der Waals surface area contributed by atoms with Gasteiger partial charge in [0.1, 0.15) is 0 Å². The van der Waals surface area contributed by atoms with Gasteiger partial charge in [-0.25, -0.2) is 0 Å². The lowest BCUT2D eigenvalue weighted by atomic mass is 10.1. The number of halogens is 4. The van der Waals surface area contributed by atoms with Gasteiger partial charge >= 0.3 is 0 Å². The molecule has 0 aliphatic carbocycles. The molecule has 1 N–H and O–H groups in total. The minimum Gasteiger partial charge on any atom is -0.494 e. The van der Waals surface area contributed by atoms with Gasteiger partial charge < -0.3 is 10.1 Å². The quantitative estimate of drug-likeness (QED) is 0.656. The van der Waals surface area contributed by atoms with E-state index in [0.29, 0.717) is 32.4 Å². The molecule has 118 valence electrons. The highest BCUT2D eigenvalue weighted by molar-refractivity contribution is 6.37. The highest BCUT2D eigenvalue weighted by Crippen LogP contribution is 2.33. The van der Waals surface area contributed by atoms with Gasteiger partial charge in [-0.3, -0.25) is 0 Å². The van der Waals surface area contributed by atoms with Crippen molar-refractivity contribution in [3.8, 4) is 5.75 Å². The fourth-order valence-electron chi connectivity index (χ4n) is 2.09. The number of benzene rings is 2. The van der Waals surface area contributed by atoms with E-state index in [2.05, 4.69) is 5.32 Å². The third-order valence-corrected chi connectivity index (χ3v) is 4.33. The van der Waals surface area contributed by atoms with Gasteiger partial charge in [-0.15, -0.1) is 0 Å². The maximum absolute atomic E-state index is 6.14. The van der Waals surface area contributed by atoms with Crippen molar-refractivity contribution < 1.29 is 4.74 Å². The molecule has 2 rings (SSSR count). The van der Waals surface area contributed by atoms with Crippen LogP contribution in [0.15, 0.2) is 30.3 Å². The lowest BCUT2D eigenvalue weighted by Crippen LogP contribution is -2.16. The Morgan fingerprint density at radius 3 is 2.23 bits per heavy atom. The minimum atomic E-state index is 0.500. The van der Waals surface area contributed by atoms with Gasteiger partial charge in [0.15, 0.2) is 5.75 Å². The molecule has 2 aromatic rings. The molecule has 22 heavy (non-hydrogen) atoms. The van der Waals surface area contributed by atoms with Crippen LogP contribution in [-0.2, 0) is 13.0 Å². The Kier molecular flexibility index (Phi) is 6.66. The molecule has 0 aliphatic heterocycles. The molecule has 2 aromatic carbocycles. The molecule has 0 fully saturated rings. The maximum atomic E-state index is 6.14. The SMILES string of the molecule is COc1c(Cl)cc(CNCCc2ccc(Cl)cc2Cl)cc1Cl. The molecule has 0 amide bonds. The molecular weight excluding hydrogens is 364 g/mol. The maximum Gasteiger partial charge on any atom is 0.156 e. The van der Waals surface area contributed by atoms with Crippen molar-refractivity contribution in [2.24, 2.45) is 0 Å². The first-order valence-corrected chi connectivity index (χ1v) is 8.19. The van der Waals surface area contributed by atoms with E-state index >= 15 is 0 Å². The number of rotatable bonds is 6. The molecule has 0 unspecified atom stereocenters. The zero-order valence-electron chi connectivity index (χ0n) is 11.9. The average molecular weight is 379 g/mol. The van der Waals surface area contributed by atoms with E-state index in [1.54, 1.807) is 13.2 Å². The van der Waals surface area contributed by atoms with Crippen molar-refractivity contribution in [2.75, 3.05) is 13.7 Å². The van der Waals surface area contributed by atoms with Crippen LogP contribution < -0.4 is 10.1 Å². The molecule has 0 spiro atoms. The molecule has 2 nitrogen and oxygen atoms in total. The molecule has 0 heterocycles. The van der Waals surface area contributed by atoms with Gasteiger partial charge in [0, 0.05) is 16.6 Å². The summed E-state index contributed by atoms with van der Waals surface area (Å²) in [6, 6.07) is 9.21. The van der Waals surface area contributed by atoms with Gasteiger partial charge in [-0.1, -0.05) is 52.5 Å². The second-order valence-electron chi connectivity index (χ2n) is 4.76. The van der Waals surface area contributed by atoms with Crippen LogP contribution in [0.4, 0.5) is 0 Å². The predicted octanol–water partition coefficient (Wildman–Crippen LogP) is 5.64. The molecule has 0 atom stereocenters. The zero-order valence-corrected chi connectivity index (χ0v) is 15.0. The first kappa shape index (κ1) is 17.7. The molecular formula is C16H15Cl4NO. The van der Waals surface area contributed by atoms with Crippen molar-refractivity contribution >= 4 is 46.4 Å². The zero-order chi connectivity index (χ0) is 16.1. The van der Waals surface area contributed by atoms with Crippen LogP contribution in [0.3, 0.4) is 0 Å². The van der Waals surface area contributed by atoms with Gasteiger partial charge in [0.25, 0.3) is 0 Å². The Labute approximate surface area is 150 Å². The van der Waals surface area contributed by atoms with Crippen LogP contribution in [-0.4, -0.2) is 13.7 Å². The van der Waals surface area contributed by atoms with E-state index in [4.69, 9.17) is 51.1 Å². The monoisotopic (exact) mass is 377 g/mol. The van der Waals surface area contributed by atoms with Crippen molar-refractivity contribution in [3.05, 3.63) is 61.5 Å². The smallest absolute Gasteiger partial charge is 0.156 e. The summed E-state index contributed by atoms with van der Waals surface area (Å²) in [7, 11) is 1.54. The van der Waals surface area contributed by atoms with Crippen LogP contribution in [0.25, 0.3) is 0 Å². The molecule has 0 aromatic heterocycles. The van der Waals surface area contributed by atoms with Crippen LogP contribution in [0.1, 0.15) is 11.1 Å². The Morgan fingerprint density at radius 1 is 0.955 bits per heavy atom. The van der Waals surface area contributed by atoms with E-state index in [9.17, 15) is 0 Å². The Balaban J connectivity index is 1.89. The van der Waals surface area contributed by atoms with Crippen molar-refractivity contribution in [1.29, 1.82) is 0 Å². The fourth-order valence-corrected chi connectivity index (χ4v) is 3.28. The molecule has 0 saturated carbocycles. The van der Waals surface area contributed by atoms with Crippen molar-refractivity contribution in [2.45, 2.75) is 13.0 Å². The van der Waals surface area contributed by atoms with Crippen LogP contribution in [0.5, 0.6) is 5.75 Å². The summed E-state index contributed by atoms with van der Waals surface area (Å²) in [5, 5.41) is 5.68. The first-order chi connectivity index (χ1) is 10.5. The van der Waals surface area contributed by atoms with E-state index in [1.165, 1.54) is 0 Å². The molecule has 0 bridgehead atoms. The van der Waals surface area contributed by atoms with Crippen LogP contribution in [0.2, 0.25) is 20.1 Å². The van der Waals surface area contributed by atoms with Crippen LogP contribution >= 0.6 is 46.4 Å². The van der Waals surface area contributed by atoms with Gasteiger partial charge in [-0.2, -0.15) is 0 Å². The van der Waals surface area contributed by atoms with Crippen LogP contribution in [0, 0.1) is 0 Å². The minimum absolute atomic E-state index is 0.500. The largest absolute Gasteiger partial charge is 0.494 e. The third kappa shape index (κ3) is 4.68. The summed E-state index contributed by atoms with van der Waals surface area (Å²) in [6.45, 7) is 1.44. The lowest BCUT2D eigenvalue weighted by molar-refractivity contribution is 0.415. The third-order valence-electron chi connectivity index (χ3n) is 3.18. The standard InChI is InChI=1S/C16H15Cl4NO/c1-22-16-14(19)6-10(7-15(16)20)9-21-5-4-11-2-3-12(17)8-13(11)18/h2-3,6-8,21H,4-5,9H2,1H3. The van der Waals surface area contributed by atoms with E-state index in [0.717, 1.165) is 24.1 Å². The molecule has 0 saturated heterocycles. The highest BCUT2D eigenvalue weighted by Gasteiger charge is 2.08. The molecule has 0 radical (unpaired) electrons. The van der Waals surface area contributed by atoms with Gasteiger partial charge in [-0.05, 0) is 48.4 Å². The number of nitrogens with one attached hydrogen (secondary N) is 1. The Morgan fingerprint density at radius 2 is 1.64 bits per heavy atom. The molecule has 6 heteroatoms.